The Kier molecular flexibility index (Phi) is 17.0. The van der Waals surface area contributed by atoms with Crippen molar-refractivity contribution in [2.45, 2.75) is 109 Å². The van der Waals surface area contributed by atoms with E-state index < -0.39 is 44.1 Å². The third-order valence-corrected chi connectivity index (χ3v) is 10.9. The molecule has 1 saturated heterocycles. The zero-order valence-corrected chi connectivity index (χ0v) is 35.5. The fourth-order valence-electron chi connectivity index (χ4n) is 6.22. The minimum absolute atomic E-state index is 0.0456. The molecule has 1 heterocycles. The molecular weight excluding hydrogens is 733 g/mol. The summed E-state index contributed by atoms with van der Waals surface area (Å²) in [6, 6.07) is 21.0. The Hall–Kier alpha value is -4.20. The Bertz CT molecular complexity index is 1700. The number of hydrogen-bond donors (Lipinski definition) is 0. The van der Waals surface area contributed by atoms with Crippen LogP contribution in [-0.4, -0.2) is 84.9 Å². The highest BCUT2D eigenvalue weighted by Gasteiger charge is 2.45. The summed E-state index contributed by atoms with van der Waals surface area (Å²) in [6.45, 7) is 13.1. The molecule has 1 aliphatic heterocycles. The number of aryl methyl sites for hydroxylation is 1. The van der Waals surface area contributed by atoms with Gasteiger partial charge in [-0.1, -0.05) is 56.0 Å². The highest BCUT2D eigenvalue weighted by atomic mass is 28.3. The third-order valence-electron chi connectivity index (χ3n) is 9.23. The first-order chi connectivity index (χ1) is 26.7. The van der Waals surface area contributed by atoms with Crippen LogP contribution in [0.25, 0.3) is 0 Å². The fourth-order valence-corrected chi connectivity index (χ4v) is 6.94. The third kappa shape index (κ3) is 14.1. The second-order valence-corrected chi connectivity index (χ2v) is 21.2. The summed E-state index contributed by atoms with van der Waals surface area (Å²) in [4.78, 5) is 27.0. The fraction of sp³-hybridized carbons (Fsp3) is 0.500. The molecule has 12 heteroatoms. The molecule has 0 amide bonds. The van der Waals surface area contributed by atoms with E-state index in [1.54, 1.807) is 44.6 Å². The minimum Gasteiger partial charge on any atom is -0.497 e. The number of benzene rings is 3. The number of hydrogen-bond acceptors (Lipinski definition) is 11. The number of carbonyl (C=O) groups is 2. The zero-order valence-electron chi connectivity index (χ0n) is 34.5. The van der Waals surface area contributed by atoms with E-state index in [0.29, 0.717) is 61.5 Å². The average Bonchev–Trinajstić information content (AvgIpc) is 3.48. The van der Waals surface area contributed by atoms with E-state index in [4.69, 9.17) is 42.6 Å². The van der Waals surface area contributed by atoms with E-state index in [1.807, 2.05) is 69.3 Å². The molecule has 0 radical (unpaired) electrons. The SMILES string of the molecule is COCOc1cc(OC)cc(CCC[C@@H]2OC(C)(C)OC2C(C=CC[C@H](C)OCc2ccc(OC)cc2)OC(=O)c2ccccc2)c1C(=O)OCC[Si](C)(C)C. The Morgan fingerprint density at radius 2 is 1.62 bits per heavy atom. The van der Waals surface area contributed by atoms with Gasteiger partial charge < -0.3 is 42.6 Å². The zero-order chi connectivity index (χ0) is 40.7. The van der Waals surface area contributed by atoms with Gasteiger partial charge in [0.25, 0.3) is 0 Å². The van der Waals surface area contributed by atoms with Crippen LogP contribution in [0, 0.1) is 0 Å². The quantitative estimate of drug-likeness (QED) is 0.0421. The van der Waals surface area contributed by atoms with E-state index in [-0.39, 0.29) is 12.9 Å². The Morgan fingerprint density at radius 1 is 0.911 bits per heavy atom. The van der Waals surface area contributed by atoms with Gasteiger partial charge in [-0.2, -0.15) is 0 Å². The maximum Gasteiger partial charge on any atom is 0.342 e. The van der Waals surface area contributed by atoms with E-state index in [9.17, 15) is 9.59 Å². The largest absolute Gasteiger partial charge is 0.497 e. The van der Waals surface area contributed by atoms with E-state index in [2.05, 4.69) is 19.6 Å². The molecule has 4 atom stereocenters. The average molecular weight is 793 g/mol. The van der Waals surface area contributed by atoms with Crippen molar-refractivity contribution in [3.8, 4) is 17.2 Å². The second kappa shape index (κ2) is 21.4. The van der Waals surface area contributed by atoms with Crippen LogP contribution in [0.1, 0.15) is 71.9 Å². The topological polar surface area (TPSA) is 117 Å². The predicted molar refractivity (Wildman–Crippen MR) is 217 cm³/mol. The molecule has 0 aliphatic carbocycles. The van der Waals surface area contributed by atoms with Crippen molar-refractivity contribution in [1.82, 2.24) is 0 Å². The number of methoxy groups -OCH3 is 3. The summed E-state index contributed by atoms with van der Waals surface area (Å²) >= 11 is 0. The van der Waals surface area contributed by atoms with Crippen molar-refractivity contribution >= 4 is 20.0 Å². The Morgan fingerprint density at radius 3 is 2.29 bits per heavy atom. The van der Waals surface area contributed by atoms with E-state index in [0.717, 1.165) is 22.9 Å². The standard InChI is InChI=1S/C44H60O11Si/c1-31(51-29-32-21-23-35(48-5)24-22-32)15-13-19-37(53-42(45)33-16-11-10-12-17-33)41-38(54-44(2,3)55-41)20-14-18-34-27-36(49-6)28-39(52-30-47-4)40(34)43(46)50-25-26-56(7,8)9/h10-13,16-17,19,21-24,27-28,31,37-38,41H,14-15,18,20,25-26,29-30H2,1-9H3/t31-,37?,38-,41?/m0/s1. The molecule has 0 aromatic heterocycles. The summed E-state index contributed by atoms with van der Waals surface area (Å²) in [6.07, 6.45) is 4.13. The molecule has 1 aliphatic rings. The molecule has 0 N–H and O–H groups in total. The van der Waals surface area contributed by atoms with Gasteiger partial charge in [0.15, 0.2) is 12.6 Å². The number of ether oxygens (including phenoxy) is 9. The van der Waals surface area contributed by atoms with Crippen LogP contribution in [0.3, 0.4) is 0 Å². The lowest BCUT2D eigenvalue weighted by atomic mass is 9.96. The molecule has 0 spiro atoms. The highest BCUT2D eigenvalue weighted by molar-refractivity contribution is 6.76. The van der Waals surface area contributed by atoms with Gasteiger partial charge in [0.2, 0.25) is 0 Å². The van der Waals surface area contributed by atoms with Gasteiger partial charge >= 0.3 is 11.9 Å². The molecular formula is C44H60O11Si. The van der Waals surface area contributed by atoms with Gasteiger partial charge in [-0.25, -0.2) is 9.59 Å². The minimum atomic E-state index is -1.44. The van der Waals surface area contributed by atoms with Gasteiger partial charge in [0, 0.05) is 21.3 Å². The summed E-state index contributed by atoms with van der Waals surface area (Å²) in [5.74, 6) is -0.180. The summed E-state index contributed by atoms with van der Waals surface area (Å²) in [5.41, 5.74) is 2.54. The molecule has 3 aromatic carbocycles. The van der Waals surface area contributed by atoms with Crippen LogP contribution in [0.2, 0.25) is 25.7 Å². The van der Waals surface area contributed by atoms with Crippen LogP contribution >= 0.6 is 0 Å². The molecule has 3 aromatic rings. The van der Waals surface area contributed by atoms with Gasteiger partial charge in [0.1, 0.15) is 35.0 Å². The summed E-state index contributed by atoms with van der Waals surface area (Å²) in [5, 5.41) is 0. The molecule has 0 bridgehead atoms. The van der Waals surface area contributed by atoms with Gasteiger partial charge in [0.05, 0.1) is 45.2 Å². The van der Waals surface area contributed by atoms with E-state index >= 15 is 0 Å². The molecule has 4 rings (SSSR count). The number of esters is 2. The van der Waals surface area contributed by atoms with Gasteiger partial charge in [-0.05, 0) is 100 Å². The predicted octanol–water partition coefficient (Wildman–Crippen LogP) is 8.80. The molecule has 0 saturated carbocycles. The lowest BCUT2D eigenvalue weighted by molar-refractivity contribution is -0.153. The van der Waals surface area contributed by atoms with Gasteiger partial charge in [-0.3, -0.25) is 0 Å². The molecule has 11 nitrogen and oxygen atoms in total. The molecule has 56 heavy (non-hydrogen) atoms. The molecule has 1 fully saturated rings. The first-order valence-corrected chi connectivity index (χ1v) is 22.9. The normalized spacial score (nSPS) is 17.7. The van der Waals surface area contributed by atoms with Crippen LogP contribution in [0.15, 0.2) is 78.9 Å². The number of rotatable bonds is 22. The van der Waals surface area contributed by atoms with Crippen molar-refractivity contribution in [2.24, 2.45) is 0 Å². The van der Waals surface area contributed by atoms with Crippen molar-refractivity contribution in [2.75, 3.05) is 34.7 Å². The summed E-state index contributed by atoms with van der Waals surface area (Å²) < 4.78 is 52.8. The first kappa shape index (κ1) is 44.5. The lowest BCUT2D eigenvalue weighted by Gasteiger charge is -2.25. The van der Waals surface area contributed by atoms with E-state index in [1.165, 1.54) is 7.11 Å². The lowest BCUT2D eigenvalue weighted by Crippen LogP contribution is -2.37. The maximum absolute atomic E-state index is 13.6. The highest BCUT2D eigenvalue weighted by Crippen LogP contribution is 2.36. The first-order valence-electron chi connectivity index (χ1n) is 19.2. The van der Waals surface area contributed by atoms with Crippen LogP contribution in [0.4, 0.5) is 0 Å². The van der Waals surface area contributed by atoms with Crippen molar-refractivity contribution in [1.29, 1.82) is 0 Å². The smallest absolute Gasteiger partial charge is 0.342 e. The summed E-state index contributed by atoms with van der Waals surface area (Å²) in [7, 11) is 3.29. The van der Waals surface area contributed by atoms with Crippen LogP contribution < -0.4 is 14.2 Å². The number of carbonyl (C=O) groups excluding carboxylic acids is 2. The van der Waals surface area contributed by atoms with Crippen LogP contribution in [-0.2, 0) is 41.4 Å². The van der Waals surface area contributed by atoms with Crippen molar-refractivity contribution < 1.29 is 52.2 Å². The van der Waals surface area contributed by atoms with Crippen LogP contribution in [0.5, 0.6) is 17.2 Å². The second-order valence-electron chi connectivity index (χ2n) is 15.6. The molecule has 306 valence electrons. The molecule has 2 unspecified atom stereocenters. The Balaban J connectivity index is 1.52. The monoisotopic (exact) mass is 792 g/mol. The maximum atomic E-state index is 13.6. The van der Waals surface area contributed by atoms with Crippen molar-refractivity contribution in [3.05, 3.63) is 101 Å². The Labute approximate surface area is 333 Å². The van der Waals surface area contributed by atoms with Gasteiger partial charge in [-0.15, -0.1) is 0 Å². The van der Waals surface area contributed by atoms with Crippen molar-refractivity contribution in [3.63, 3.8) is 0 Å².